The van der Waals surface area contributed by atoms with Gasteiger partial charge in [-0.3, -0.25) is 9.48 Å². The van der Waals surface area contributed by atoms with Crippen LogP contribution in [0.25, 0.3) is 5.65 Å². The van der Waals surface area contributed by atoms with Gasteiger partial charge < -0.3 is 10.2 Å². The van der Waals surface area contributed by atoms with E-state index >= 15 is 0 Å². The van der Waals surface area contributed by atoms with E-state index in [2.05, 4.69) is 38.2 Å². The van der Waals surface area contributed by atoms with E-state index in [1.54, 1.807) is 6.20 Å². The molecule has 1 aliphatic heterocycles. The second kappa shape index (κ2) is 8.44. The fraction of sp³-hybridized carbons (Fsp3) is 0.368. The Labute approximate surface area is 170 Å². The molecular weight excluding hydrogens is 399 g/mol. The van der Waals surface area contributed by atoms with E-state index in [0.717, 1.165) is 42.6 Å². The topological polar surface area (TPSA) is 80.4 Å². The molecule has 8 nitrogen and oxygen atoms in total. The number of hydrogen-bond donors (Lipinski definition) is 1. The van der Waals surface area contributed by atoms with Crippen LogP contribution in [-0.4, -0.2) is 43.4 Å². The van der Waals surface area contributed by atoms with Gasteiger partial charge in [0.15, 0.2) is 11.3 Å². The van der Waals surface area contributed by atoms with E-state index < -0.39 is 23.5 Å². The minimum Gasteiger partial charge on any atom is -0.357 e. The van der Waals surface area contributed by atoms with Crippen LogP contribution in [-0.2, 0) is 13.2 Å². The van der Waals surface area contributed by atoms with Crippen LogP contribution >= 0.6 is 0 Å². The molecule has 3 aromatic heterocycles. The molecule has 30 heavy (non-hydrogen) atoms. The number of aromatic nitrogens is 5. The summed E-state index contributed by atoms with van der Waals surface area (Å²) in [6.45, 7) is 1.76. The van der Waals surface area contributed by atoms with Crippen molar-refractivity contribution in [3.63, 3.8) is 0 Å². The van der Waals surface area contributed by atoms with E-state index in [9.17, 15) is 18.0 Å². The van der Waals surface area contributed by atoms with Gasteiger partial charge in [-0.15, -0.1) is 12.8 Å². The summed E-state index contributed by atoms with van der Waals surface area (Å²) in [6.07, 6.45) is 10.7. The Hall–Kier alpha value is -3.55. The molecule has 4 rings (SSSR count). The van der Waals surface area contributed by atoms with E-state index in [-0.39, 0.29) is 11.2 Å². The van der Waals surface area contributed by atoms with Gasteiger partial charge >= 0.3 is 6.18 Å². The highest BCUT2D eigenvalue weighted by Crippen LogP contribution is 2.33. The van der Waals surface area contributed by atoms with Gasteiger partial charge in [0.25, 0.3) is 5.91 Å². The molecule has 0 bridgehead atoms. The number of piperidine rings is 1. The molecule has 0 unspecified atom stereocenters. The summed E-state index contributed by atoms with van der Waals surface area (Å²) in [5.41, 5.74) is -1.18. The van der Waals surface area contributed by atoms with Gasteiger partial charge in [0, 0.05) is 32.5 Å². The van der Waals surface area contributed by atoms with Crippen molar-refractivity contribution in [3.05, 3.63) is 35.9 Å². The van der Waals surface area contributed by atoms with Crippen molar-refractivity contribution in [2.75, 3.05) is 23.3 Å². The van der Waals surface area contributed by atoms with Gasteiger partial charge in [0.1, 0.15) is 11.4 Å². The minimum atomic E-state index is -4.68. The number of anilines is 2. The Kier molecular flexibility index (Phi) is 5.96. The monoisotopic (exact) mass is 419 g/mol. The SMILES string of the molecule is C#C.Cn1cc(NC(=O)c2cnn3ccc(N4CCCCC4)nc23)c(C(F)(F)F)n1. The molecule has 0 spiro atoms. The molecule has 1 amide bonds. The average molecular weight is 419 g/mol. The van der Waals surface area contributed by atoms with E-state index in [4.69, 9.17) is 0 Å². The third kappa shape index (κ3) is 4.22. The maximum Gasteiger partial charge on any atom is 0.437 e. The van der Waals surface area contributed by atoms with Gasteiger partial charge in [-0.2, -0.15) is 23.4 Å². The first-order valence-electron chi connectivity index (χ1n) is 9.18. The van der Waals surface area contributed by atoms with Gasteiger partial charge in [-0.1, -0.05) is 0 Å². The summed E-state index contributed by atoms with van der Waals surface area (Å²) < 4.78 is 41.7. The van der Waals surface area contributed by atoms with Gasteiger partial charge in [0.2, 0.25) is 0 Å². The van der Waals surface area contributed by atoms with Crippen LogP contribution < -0.4 is 10.2 Å². The summed E-state index contributed by atoms with van der Waals surface area (Å²) in [4.78, 5) is 19.3. The number of alkyl halides is 3. The fourth-order valence-corrected chi connectivity index (χ4v) is 3.30. The smallest absolute Gasteiger partial charge is 0.357 e. The third-order valence-corrected chi connectivity index (χ3v) is 4.62. The lowest BCUT2D eigenvalue weighted by Gasteiger charge is -2.27. The molecule has 0 aromatic carbocycles. The lowest BCUT2D eigenvalue weighted by Crippen LogP contribution is -2.30. The molecule has 3 aromatic rings. The van der Waals surface area contributed by atoms with Crippen molar-refractivity contribution < 1.29 is 18.0 Å². The average Bonchev–Trinajstić information content (AvgIpc) is 3.32. The molecule has 1 N–H and O–H groups in total. The number of nitrogens with zero attached hydrogens (tertiary/aromatic N) is 6. The standard InChI is InChI=1S/C17H18F3N7O.C2H2/c1-25-10-12(14(24-25)17(18,19)20)22-16(28)11-9-21-27-8-5-13(23-15(11)27)26-6-3-2-4-7-26;1-2/h5,8-10H,2-4,6-7H2,1H3,(H,22,28);1-2H. The van der Waals surface area contributed by atoms with Crippen LogP contribution in [0.5, 0.6) is 0 Å². The Morgan fingerprint density at radius 2 is 1.90 bits per heavy atom. The number of carbonyl (C=O) groups is 1. The highest BCUT2D eigenvalue weighted by Gasteiger charge is 2.37. The van der Waals surface area contributed by atoms with Gasteiger partial charge in [-0.25, -0.2) is 9.50 Å². The number of amides is 1. The maximum absolute atomic E-state index is 13.1. The van der Waals surface area contributed by atoms with E-state index in [1.807, 2.05) is 6.07 Å². The zero-order valence-corrected chi connectivity index (χ0v) is 16.2. The van der Waals surface area contributed by atoms with Crippen LogP contribution in [0.4, 0.5) is 24.7 Å². The molecule has 11 heteroatoms. The Morgan fingerprint density at radius 1 is 1.20 bits per heavy atom. The number of hydrogen-bond acceptors (Lipinski definition) is 5. The van der Waals surface area contributed by atoms with Crippen LogP contribution in [0.15, 0.2) is 24.7 Å². The first-order chi connectivity index (χ1) is 14.3. The van der Waals surface area contributed by atoms with Crippen molar-refractivity contribution in [1.29, 1.82) is 0 Å². The number of terminal acetylenes is 1. The van der Waals surface area contributed by atoms with Crippen LogP contribution in [0, 0.1) is 12.8 Å². The van der Waals surface area contributed by atoms with Crippen LogP contribution in [0.3, 0.4) is 0 Å². The number of carbonyl (C=O) groups excluding carboxylic acids is 1. The lowest BCUT2D eigenvalue weighted by molar-refractivity contribution is -0.140. The Balaban J connectivity index is 0.00000124. The lowest BCUT2D eigenvalue weighted by atomic mass is 10.1. The van der Waals surface area contributed by atoms with Crippen LogP contribution in [0.2, 0.25) is 0 Å². The predicted octanol–water partition coefficient (Wildman–Crippen LogP) is 2.97. The van der Waals surface area contributed by atoms with Crippen molar-refractivity contribution in [2.45, 2.75) is 25.4 Å². The summed E-state index contributed by atoms with van der Waals surface area (Å²) in [5.74, 6) is -0.00379. The molecule has 0 aliphatic carbocycles. The predicted molar refractivity (Wildman–Crippen MR) is 105 cm³/mol. The molecule has 1 aliphatic rings. The molecule has 0 radical (unpaired) electrons. The van der Waals surface area contributed by atoms with Gasteiger partial charge in [0.05, 0.1) is 11.9 Å². The fourth-order valence-electron chi connectivity index (χ4n) is 3.30. The van der Waals surface area contributed by atoms with Crippen molar-refractivity contribution in [1.82, 2.24) is 24.4 Å². The number of nitrogens with one attached hydrogen (secondary N) is 1. The Bertz CT molecular complexity index is 1060. The minimum absolute atomic E-state index is 0.0934. The number of fused-ring (bicyclic) bond motifs is 1. The highest BCUT2D eigenvalue weighted by atomic mass is 19.4. The summed E-state index contributed by atoms with van der Waals surface area (Å²) in [6, 6.07) is 1.82. The zero-order chi connectivity index (χ0) is 21.9. The van der Waals surface area contributed by atoms with Crippen LogP contribution in [0.1, 0.15) is 35.3 Å². The highest BCUT2D eigenvalue weighted by molar-refractivity contribution is 6.08. The molecule has 4 heterocycles. The first-order valence-corrected chi connectivity index (χ1v) is 9.18. The number of rotatable bonds is 3. The zero-order valence-electron chi connectivity index (χ0n) is 16.2. The largest absolute Gasteiger partial charge is 0.437 e. The van der Waals surface area contributed by atoms with E-state index in [0.29, 0.717) is 0 Å². The Morgan fingerprint density at radius 3 is 2.57 bits per heavy atom. The molecular formula is C19H20F3N7O. The van der Waals surface area contributed by atoms with Crippen molar-refractivity contribution >= 4 is 23.1 Å². The number of halogens is 3. The van der Waals surface area contributed by atoms with E-state index in [1.165, 1.54) is 24.2 Å². The van der Waals surface area contributed by atoms with Crippen molar-refractivity contribution in [2.24, 2.45) is 7.05 Å². The third-order valence-electron chi connectivity index (χ3n) is 4.62. The second-order valence-corrected chi connectivity index (χ2v) is 6.68. The first kappa shape index (κ1) is 21.2. The summed E-state index contributed by atoms with van der Waals surface area (Å²) in [5, 5.41) is 9.75. The van der Waals surface area contributed by atoms with Gasteiger partial charge in [-0.05, 0) is 25.3 Å². The molecule has 158 valence electrons. The second-order valence-electron chi connectivity index (χ2n) is 6.68. The normalized spacial score (nSPS) is 14.3. The molecule has 1 fully saturated rings. The number of aryl methyl sites for hydroxylation is 1. The molecule has 1 saturated heterocycles. The summed E-state index contributed by atoms with van der Waals surface area (Å²) >= 11 is 0. The summed E-state index contributed by atoms with van der Waals surface area (Å²) in [7, 11) is 1.35. The maximum atomic E-state index is 13.1. The van der Waals surface area contributed by atoms with Crippen molar-refractivity contribution in [3.8, 4) is 12.8 Å². The quantitative estimate of drug-likeness (QED) is 0.661. The molecule has 0 saturated carbocycles. The molecule has 0 atom stereocenters.